The van der Waals surface area contributed by atoms with Crippen molar-refractivity contribution in [2.24, 2.45) is 5.92 Å². The van der Waals surface area contributed by atoms with Gasteiger partial charge in [0.25, 0.3) is 0 Å². The highest BCUT2D eigenvalue weighted by atomic mass is 32.2. The van der Waals surface area contributed by atoms with Crippen LogP contribution in [0.25, 0.3) is 0 Å². The average Bonchev–Trinajstić information content (AvgIpc) is 3.31. The van der Waals surface area contributed by atoms with Crippen molar-refractivity contribution in [2.45, 2.75) is 68.7 Å². The van der Waals surface area contributed by atoms with E-state index in [1.807, 2.05) is 0 Å². The zero-order valence-electron chi connectivity index (χ0n) is 16.9. The van der Waals surface area contributed by atoms with Crippen LogP contribution in [0.5, 0.6) is 5.88 Å². The first-order valence-corrected chi connectivity index (χ1v) is 10.3. The van der Waals surface area contributed by atoms with Crippen molar-refractivity contribution in [1.82, 2.24) is 9.78 Å². The van der Waals surface area contributed by atoms with Crippen LogP contribution in [0.3, 0.4) is 0 Å². The second-order valence-corrected chi connectivity index (χ2v) is 9.23. The van der Waals surface area contributed by atoms with Crippen molar-refractivity contribution < 1.29 is 31.5 Å². The molecule has 1 fully saturated rings. The molecule has 0 saturated heterocycles. The van der Waals surface area contributed by atoms with E-state index in [0.29, 0.717) is 24.6 Å². The molecule has 1 aromatic carbocycles. The molecule has 30 heavy (non-hydrogen) atoms. The molecule has 1 aliphatic carbocycles. The molecule has 0 spiro atoms. The summed E-state index contributed by atoms with van der Waals surface area (Å²) in [5.74, 6) is -11.1. The van der Waals surface area contributed by atoms with E-state index in [4.69, 9.17) is 4.74 Å². The van der Waals surface area contributed by atoms with Gasteiger partial charge in [0.1, 0.15) is 0 Å². The number of halogens is 5. The third-order valence-electron chi connectivity index (χ3n) is 4.86. The third kappa shape index (κ3) is 4.06. The number of ether oxygens (including phenoxy) is 1. The Morgan fingerprint density at radius 1 is 0.967 bits per heavy atom. The van der Waals surface area contributed by atoms with E-state index >= 15 is 0 Å². The molecule has 164 valence electrons. The van der Waals surface area contributed by atoms with Gasteiger partial charge in [0.2, 0.25) is 11.7 Å². The topological polar surface area (TPSA) is 44.1 Å². The van der Waals surface area contributed by atoms with E-state index in [-0.39, 0.29) is 22.4 Å². The molecule has 1 aliphatic rings. The van der Waals surface area contributed by atoms with Gasteiger partial charge in [-0.25, -0.2) is 26.6 Å². The van der Waals surface area contributed by atoms with E-state index in [1.165, 1.54) is 11.6 Å². The monoisotopic (exact) mass is 448 g/mol. The Hall–Kier alpha value is -2.10. The van der Waals surface area contributed by atoms with Gasteiger partial charge >= 0.3 is 5.97 Å². The highest BCUT2D eigenvalue weighted by Gasteiger charge is 2.33. The number of carbonyl (C=O) groups is 1. The van der Waals surface area contributed by atoms with Crippen molar-refractivity contribution in [1.29, 1.82) is 0 Å². The number of aryl methyl sites for hydroxylation is 1. The van der Waals surface area contributed by atoms with Crippen LogP contribution in [0.15, 0.2) is 9.79 Å². The average molecular weight is 448 g/mol. The summed E-state index contributed by atoms with van der Waals surface area (Å²) in [6.07, 6.45) is 3.12. The summed E-state index contributed by atoms with van der Waals surface area (Å²) >= 11 is 0.295. The Kier molecular flexibility index (Phi) is 6.18. The standard InChI is InChI=1S/C20H21F5N2O2S/c1-9-16(30-17-14(24)12(22)11(21)13(23)15(17)25)18(27(26-9)20(2,3)4)29-19(28)10-7-5-6-8-10/h10H,5-8H2,1-4H3. The van der Waals surface area contributed by atoms with Gasteiger partial charge in [0, 0.05) is 0 Å². The lowest BCUT2D eigenvalue weighted by Gasteiger charge is -2.22. The fourth-order valence-electron chi connectivity index (χ4n) is 3.27. The van der Waals surface area contributed by atoms with E-state index in [1.54, 1.807) is 20.8 Å². The molecule has 1 aromatic heterocycles. The highest BCUT2D eigenvalue weighted by Crippen LogP contribution is 2.43. The predicted molar refractivity (Wildman–Crippen MR) is 99.9 cm³/mol. The zero-order chi connectivity index (χ0) is 22.4. The minimum atomic E-state index is -2.23. The van der Waals surface area contributed by atoms with Crippen LogP contribution in [0.1, 0.15) is 52.1 Å². The van der Waals surface area contributed by atoms with E-state index in [9.17, 15) is 26.7 Å². The summed E-state index contributed by atoms with van der Waals surface area (Å²) in [6.45, 7) is 6.83. The lowest BCUT2D eigenvalue weighted by molar-refractivity contribution is -0.139. The molecule has 0 radical (unpaired) electrons. The predicted octanol–water partition coefficient (Wildman–Crippen LogP) is 5.89. The summed E-state index contributed by atoms with van der Waals surface area (Å²) in [5.41, 5.74) is -0.446. The molecule has 0 N–H and O–H groups in total. The maximum absolute atomic E-state index is 14.2. The fraction of sp³-hybridized carbons (Fsp3) is 0.500. The van der Waals surface area contributed by atoms with Gasteiger partial charge in [-0.2, -0.15) is 5.10 Å². The summed E-state index contributed by atoms with van der Waals surface area (Å²) in [7, 11) is 0. The Labute approximate surface area is 174 Å². The quantitative estimate of drug-likeness (QED) is 0.253. The Morgan fingerprint density at radius 3 is 1.97 bits per heavy atom. The minimum Gasteiger partial charge on any atom is -0.406 e. The van der Waals surface area contributed by atoms with Crippen LogP contribution in [-0.2, 0) is 10.3 Å². The first-order chi connectivity index (χ1) is 13.9. The molecule has 2 aromatic rings. The summed E-state index contributed by atoms with van der Waals surface area (Å²) < 4.78 is 76.1. The Balaban J connectivity index is 2.09. The van der Waals surface area contributed by atoms with Crippen molar-refractivity contribution in [3.8, 4) is 5.88 Å². The van der Waals surface area contributed by atoms with Crippen molar-refractivity contribution in [3.05, 3.63) is 34.8 Å². The van der Waals surface area contributed by atoms with Crippen LogP contribution in [-0.4, -0.2) is 15.7 Å². The van der Waals surface area contributed by atoms with Gasteiger partial charge in [0.05, 0.1) is 26.9 Å². The van der Waals surface area contributed by atoms with E-state index < -0.39 is 45.5 Å². The molecular formula is C20H21F5N2O2S. The maximum Gasteiger partial charge on any atom is 0.315 e. The molecule has 1 heterocycles. The molecule has 4 nitrogen and oxygen atoms in total. The SMILES string of the molecule is Cc1nn(C(C)(C)C)c(OC(=O)C2CCCC2)c1Sc1c(F)c(F)c(F)c(F)c1F. The van der Waals surface area contributed by atoms with Gasteiger partial charge in [0.15, 0.2) is 23.3 Å². The molecule has 3 rings (SSSR count). The molecule has 10 heteroatoms. The van der Waals surface area contributed by atoms with Crippen LogP contribution in [0.4, 0.5) is 22.0 Å². The van der Waals surface area contributed by atoms with E-state index in [2.05, 4.69) is 5.10 Å². The number of nitrogens with zero attached hydrogens (tertiary/aromatic N) is 2. The molecule has 1 saturated carbocycles. The lowest BCUT2D eigenvalue weighted by Crippen LogP contribution is -2.27. The lowest BCUT2D eigenvalue weighted by atomic mass is 10.1. The summed E-state index contributed by atoms with van der Waals surface area (Å²) in [4.78, 5) is 11.5. The number of esters is 1. The number of hydrogen-bond donors (Lipinski definition) is 0. The molecule has 0 bridgehead atoms. The Bertz CT molecular complexity index is 965. The van der Waals surface area contributed by atoms with Crippen LogP contribution >= 0.6 is 11.8 Å². The second-order valence-electron chi connectivity index (χ2n) is 8.21. The number of aromatic nitrogens is 2. The fourth-order valence-corrected chi connectivity index (χ4v) is 4.24. The van der Waals surface area contributed by atoms with Gasteiger partial charge in [-0.05, 0) is 40.5 Å². The molecule has 0 unspecified atom stereocenters. The largest absolute Gasteiger partial charge is 0.406 e. The van der Waals surface area contributed by atoms with Crippen LogP contribution < -0.4 is 4.74 Å². The number of carbonyl (C=O) groups excluding carboxylic acids is 1. The zero-order valence-corrected chi connectivity index (χ0v) is 17.7. The summed E-state index contributed by atoms with van der Waals surface area (Å²) in [5, 5.41) is 4.29. The number of hydrogen-bond acceptors (Lipinski definition) is 4. The second kappa shape index (κ2) is 8.20. The smallest absolute Gasteiger partial charge is 0.315 e. The Morgan fingerprint density at radius 2 is 1.47 bits per heavy atom. The van der Waals surface area contributed by atoms with Crippen LogP contribution in [0, 0.1) is 41.9 Å². The molecule has 0 atom stereocenters. The molecule has 0 aliphatic heterocycles. The highest BCUT2D eigenvalue weighted by molar-refractivity contribution is 7.99. The van der Waals surface area contributed by atoms with Gasteiger partial charge in [-0.3, -0.25) is 4.79 Å². The first-order valence-electron chi connectivity index (χ1n) is 9.44. The van der Waals surface area contributed by atoms with Gasteiger partial charge < -0.3 is 4.74 Å². The number of benzene rings is 1. The van der Waals surface area contributed by atoms with E-state index in [0.717, 1.165) is 12.8 Å². The molecular weight excluding hydrogens is 427 g/mol. The maximum atomic E-state index is 14.2. The van der Waals surface area contributed by atoms with Crippen molar-refractivity contribution >= 4 is 17.7 Å². The minimum absolute atomic E-state index is 0.0134. The van der Waals surface area contributed by atoms with Crippen molar-refractivity contribution in [3.63, 3.8) is 0 Å². The normalized spacial score (nSPS) is 15.1. The first kappa shape index (κ1) is 22.6. The molecule has 0 amide bonds. The number of rotatable bonds is 4. The third-order valence-corrected chi connectivity index (χ3v) is 6.10. The van der Waals surface area contributed by atoms with Gasteiger partial charge in [-0.15, -0.1) is 0 Å². The summed E-state index contributed by atoms with van der Waals surface area (Å²) in [6, 6.07) is 0. The van der Waals surface area contributed by atoms with Crippen molar-refractivity contribution in [2.75, 3.05) is 0 Å². The van der Waals surface area contributed by atoms with Crippen LogP contribution in [0.2, 0.25) is 0 Å². The van der Waals surface area contributed by atoms with Gasteiger partial charge in [-0.1, -0.05) is 24.6 Å².